The summed E-state index contributed by atoms with van der Waals surface area (Å²) in [5.74, 6) is 0.545. The zero-order valence-corrected chi connectivity index (χ0v) is 9.45. The number of aryl methyl sites for hydroxylation is 3. The van der Waals surface area contributed by atoms with Gasteiger partial charge in [0.1, 0.15) is 5.82 Å². The number of hydrogen-bond acceptors (Lipinski definition) is 3. The SMILES string of the molecule is Cc1nc2cc3c(cc2nc1N)CCCC3. The van der Waals surface area contributed by atoms with Crippen LogP contribution in [-0.4, -0.2) is 9.97 Å². The van der Waals surface area contributed by atoms with Crippen molar-refractivity contribution in [2.45, 2.75) is 32.6 Å². The number of fused-ring (bicyclic) bond motifs is 2. The Morgan fingerprint density at radius 2 is 1.56 bits per heavy atom. The first-order valence-corrected chi connectivity index (χ1v) is 5.79. The van der Waals surface area contributed by atoms with Gasteiger partial charge in [-0.15, -0.1) is 0 Å². The van der Waals surface area contributed by atoms with Crippen LogP contribution in [0.25, 0.3) is 11.0 Å². The van der Waals surface area contributed by atoms with Crippen molar-refractivity contribution in [3.05, 3.63) is 29.0 Å². The van der Waals surface area contributed by atoms with E-state index in [-0.39, 0.29) is 0 Å². The molecule has 0 fully saturated rings. The summed E-state index contributed by atoms with van der Waals surface area (Å²) in [4.78, 5) is 8.89. The zero-order valence-electron chi connectivity index (χ0n) is 9.45. The molecule has 0 amide bonds. The maximum Gasteiger partial charge on any atom is 0.145 e. The lowest BCUT2D eigenvalue weighted by Gasteiger charge is -2.16. The first-order valence-electron chi connectivity index (χ1n) is 5.79. The summed E-state index contributed by atoms with van der Waals surface area (Å²) in [6.45, 7) is 1.90. The van der Waals surface area contributed by atoms with Gasteiger partial charge in [-0.05, 0) is 55.9 Å². The number of anilines is 1. The van der Waals surface area contributed by atoms with E-state index in [0.717, 1.165) is 16.7 Å². The van der Waals surface area contributed by atoms with Crippen molar-refractivity contribution in [2.24, 2.45) is 0 Å². The van der Waals surface area contributed by atoms with E-state index in [1.807, 2.05) is 6.92 Å². The molecule has 1 heterocycles. The van der Waals surface area contributed by atoms with Crippen molar-refractivity contribution in [1.82, 2.24) is 9.97 Å². The number of aromatic nitrogens is 2. The molecule has 0 atom stereocenters. The molecule has 0 spiro atoms. The standard InChI is InChI=1S/C13H15N3/c1-8-13(14)16-12-7-10-5-3-2-4-9(10)6-11(12)15-8/h6-7H,2-5H2,1H3,(H2,14,16). The van der Waals surface area contributed by atoms with E-state index in [4.69, 9.17) is 5.73 Å². The lowest BCUT2D eigenvalue weighted by Crippen LogP contribution is -2.04. The monoisotopic (exact) mass is 213 g/mol. The quantitative estimate of drug-likeness (QED) is 0.731. The Labute approximate surface area is 94.7 Å². The van der Waals surface area contributed by atoms with Crippen LogP contribution >= 0.6 is 0 Å². The normalized spacial score (nSPS) is 15.1. The molecule has 3 nitrogen and oxygen atoms in total. The third kappa shape index (κ3) is 1.43. The molecule has 0 unspecified atom stereocenters. The average molecular weight is 213 g/mol. The predicted octanol–water partition coefficient (Wildman–Crippen LogP) is 2.40. The van der Waals surface area contributed by atoms with Crippen molar-refractivity contribution >= 4 is 16.9 Å². The molecule has 0 bridgehead atoms. The fourth-order valence-corrected chi connectivity index (χ4v) is 2.39. The number of hydrogen-bond donors (Lipinski definition) is 1. The largest absolute Gasteiger partial charge is 0.382 e. The third-order valence-corrected chi connectivity index (χ3v) is 3.34. The second kappa shape index (κ2) is 3.44. The van der Waals surface area contributed by atoms with Gasteiger partial charge in [-0.1, -0.05) is 0 Å². The van der Waals surface area contributed by atoms with Crippen LogP contribution in [0.1, 0.15) is 29.7 Å². The van der Waals surface area contributed by atoms with Crippen LogP contribution in [0.4, 0.5) is 5.82 Å². The van der Waals surface area contributed by atoms with E-state index in [2.05, 4.69) is 22.1 Å². The van der Waals surface area contributed by atoms with Gasteiger partial charge in [-0.25, -0.2) is 9.97 Å². The van der Waals surface area contributed by atoms with E-state index in [0.29, 0.717) is 5.82 Å². The number of nitrogen functional groups attached to an aromatic ring is 1. The maximum absolute atomic E-state index is 5.79. The number of benzene rings is 1. The van der Waals surface area contributed by atoms with Gasteiger partial charge in [0.2, 0.25) is 0 Å². The number of rotatable bonds is 0. The highest BCUT2D eigenvalue weighted by Crippen LogP contribution is 2.25. The molecule has 1 aromatic heterocycles. The van der Waals surface area contributed by atoms with Crippen LogP contribution in [0.2, 0.25) is 0 Å². The van der Waals surface area contributed by atoms with Gasteiger partial charge in [0.15, 0.2) is 0 Å². The van der Waals surface area contributed by atoms with Crippen molar-refractivity contribution in [3.63, 3.8) is 0 Å². The van der Waals surface area contributed by atoms with Gasteiger partial charge in [-0.2, -0.15) is 0 Å². The summed E-state index contributed by atoms with van der Waals surface area (Å²) in [5, 5.41) is 0. The van der Waals surface area contributed by atoms with Gasteiger partial charge < -0.3 is 5.73 Å². The van der Waals surface area contributed by atoms with Crippen LogP contribution in [0, 0.1) is 6.92 Å². The minimum absolute atomic E-state index is 0.545. The lowest BCUT2D eigenvalue weighted by molar-refractivity contribution is 0.686. The summed E-state index contributed by atoms with van der Waals surface area (Å²) in [5.41, 5.74) is 11.4. The topological polar surface area (TPSA) is 51.8 Å². The van der Waals surface area contributed by atoms with E-state index in [1.54, 1.807) is 0 Å². The Balaban J connectivity index is 2.27. The first kappa shape index (κ1) is 9.58. The van der Waals surface area contributed by atoms with Crippen molar-refractivity contribution in [1.29, 1.82) is 0 Å². The fraction of sp³-hybridized carbons (Fsp3) is 0.385. The van der Waals surface area contributed by atoms with Crippen LogP contribution in [0.15, 0.2) is 12.1 Å². The molecule has 0 saturated carbocycles. The predicted molar refractivity (Wildman–Crippen MR) is 65.3 cm³/mol. The minimum atomic E-state index is 0.545. The Bertz CT molecular complexity index is 510. The smallest absolute Gasteiger partial charge is 0.145 e. The van der Waals surface area contributed by atoms with E-state index >= 15 is 0 Å². The molecule has 2 aromatic rings. The highest BCUT2D eigenvalue weighted by molar-refractivity contribution is 5.78. The molecular formula is C13H15N3. The van der Waals surface area contributed by atoms with Gasteiger partial charge in [-0.3, -0.25) is 0 Å². The fourth-order valence-electron chi connectivity index (χ4n) is 2.39. The summed E-state index contributed by atoms with van der Waals surface area (Å²) in [7, 11) is 0. The van der Waals surface area contributed by atoms with Gasteiger partial charge >= 0.3 is 0 Å². The van der Waals surface area contributed by atoms with Gasteiger partial charge in [0, 0.05) is 0 Å². The lowest BCUT2D eigenvalue weighted by atomic mass is 9.91. The second-order valence-electron chi connectivity index (χ2n) is 4.51. The molecule has 1 aliphatic rings. The summed E-state index contributed by atoms with van der Waals surface area (Å²) in [6, 6.07) is 4.34. The molecule has 0 aliphatic heterocycles. The molecule has 82 valence electrons. The summed E-state index contributed by atoms with van der Waals surface area (Å²) < 4.78 is 0. The van der Waals surface area contributed by atoms with Crippen LogP contribution in [0.3, 0.4) is 0 Å². The second-order valence-corrected chi connectivity index (χ2v) is 4.51. The third-order valence-electron chi connectivity index (χ3n) is 3.34. The Kier molecular flexibility index (Phi) is 2.06. The molecular weight excluding hydrogens is 198 g/mol. The van der Waals surface area contributed by atoms with Crippen LogP contribution in [-0.2, 0) is 12.8 Å². The molecule has 0 radical (unpaired) electrons. The summed E-state index contributed by atoms with van der Waals surface area (Å²) >= 11 is 0. The van der Waals surface area contributed by atoms with Crippen LogP contribution in [0.5, 0.6) is 0 Å². The molecule has 1 aliphatic carbocycles. The molecule has 3 heteroatoms. The van der Waals surface area contributed by atoms with Gasteiger partial charge in [0.05, 0.1) is 16.7 Å². The Morgan fingerprint density at radius 1 is 1.00 bits per heavy atom. The molecule has 3 rings (SSSR count). The van der Waals surface area contributed by atoms with E-state index in [1.165, 1.54) is 36.8 Å². The summed E-state index contributed by atoms with van der Waals surface area (Å²) in [6.07, 6.45) is 4.92. The van der Waals surface area contributed by atoms with Gasteiger partial charge in [0.25, 0.3) is 0 Å². The van der Waals surface area contributed by atoms with Crippen molar-refractivity contribution in [2.75, 3.05) is 5.73 Å². The number of nitrogens with two attached hydrogens (primary N) is 1. The van der Waals surface area contributed by atoms with E-state index in [9.17, 15) is 0 Å². The van der Waals surface area contributed by atoms with Crippen LogP contribution < -0.4 is 5.73 Å². The molecule has 0 saturated heterocycles. The molecule has 1 aromatic carbocycles. The highest BCUT2D eigenvalue weighted by atomic mass is 14.9. The van der Waals surface area contributed by atoms with Crippen molar-refractivity contribution < 1.29 is 0 Å². The Hall–Kier alpha value is -1.64. The maximum atomic E-state index is 5.79. The zero-order chi connectivity index (χ0) is 11.1. The number of nitrogens with zero attached hydrogens (tertiary/aromatic N) is 2. The Morgan fingerprint density at radius 3 is 2.19 bits per heavy atom. The average Bonchev–Trinajstić information content (AvgIpc) is 2.28. The highest BCUT2D eigenvalue weighted by Gasteiger charge is 2.12. The molecule has 16 heavy (non-hydrogen) atoms. The first-order chi connectivity index (χ1) is 7.74. The minimum Gasteiger partial charge on any atom is -0.382 e. The van der Waals surface area contributed by atoms with E-state index < -0.39 is 0 Å². The van der Waals surface area contributed by atoms with Crippen molar-refractivity contribution in [3.8, 4) is 0 Å². The molecule has 2 N–H and O–H groups in total.